The van der Waals surface area contributed by atoms with Crippen LogP contribution in [0.3, 0.4) is 0 Å². The number of hydrogen-bond donors (Lipinski definition) is 3. The average molecular weight is 242 g/mol. The molecule has 5 N–H and O–H groups in total. The van der Waals surface area contributed by atoms with Gasteiger partial charge in [-0.2, -0.15) is 0 Å². The lowest BCUT2D eigenvalue weighted by Gasteiger charge is -1.82. The molecule has 0 spiro atoms. The Morgan fingerprint density at radius 2 is 1.29 bits per heavy atom. The number of amides is 2. The van der Waals surface area contributed by atoms with Crippen LogP contribution >= 0.6 is 0 Å². The molecule has 0 aliphatic heterocycles. The maximum Gasteiger partial charge on any atom is 0.309 e. The van der Waals surface area contributed by atoms with Crippen molar-refractivity contribution in [2.75, 3.05) is 0 Å². The van der Waals surface area contributed by atoms with Gasteiger partial charge in [0.05, 0.1) is 0 Å². The number of primary amides is 2. The number of Topliss-reactive ketones (excluding diaryl/α,β-unsaturated/α-hetero) is 1. The van der Waals surface area contributed by atoms with Gasteiger partial charge in [0, 0.05) is 0 Å². The standard InChI is InChI=1S/C6H6O.C3H6O.CH4N2O.CH2O/c7-6-4-2-1-3-5-6;1-3(2)4;2-1(3)4;1-2/h1-5,7H;1-2H3;(H4,2,3,4);1H2. The average Bonchev–Trinajstić information content (AvgIpc) is 2.20. The molecule has 6 nitrogen and oxygen atoms in total. The van der Waals surface area contributed by atoms with Crippen LogP contribution in [0.5, 0.6) is 5.75 Å². The van der Waals surface area contributed by atoms with Crippen molar-refractivity contribution in [3.05, 3.63) is 30.3 Å². The van der Waals surface area contributed by atoms with Crippen LogP contribution in [-0.2, 0) is 9.59 Å². The number of aromatic hydroxyl groups is 1. The second kappa shape index (κ2) is 16.1. The molecule has 1 aromatic carbocycles. The Labute approximate surface area is 100 Å². The summed E-state index contributed by atoms with van der Waals surface area (Å²) < 4.78 is 0. The van der Waals surface area contributed by atoms with Crippen LogP contribution in [0.2, 0.25) is 0 Å². The van der Waals surface area contributed by atoms with Gasteiger partial charge in [-0.25, -0.2) is 4.79 Å². The summed E-state index contributed by atoms with van der Waals surface area (Å²) in [5, 5.41) is 8.63. The summed E-state index contributed by atoms with van der Waals surface area (Å²) in [6.45, 7) is 5.06. The van der Waals surface area contributed by atoms with Crippen molar-refractivity contribution < 1.29 is 19.5 Å². The zero-order valence-electron chi connectivity index (χ0n) is 9.92. The van der Waals surface area contributed by atoms with E-state index in [4.69, 9.17) is 14.7 Å². The number of urea groups is 1. The highest BCUT2D eigenvalue weighted by Crippen LogP contribution is 2.02. The van der Waals surface area contributed by atoms with Crippen LogP contribution < -0.4 is 11.5 Å². The summed E-state index contributed by atoms with van der Waals surface area (Å²) in [6, 6.07) is 7.88. The molecule has 0 aromatic heterocycles. The van der Waals surface area contributed by atoms with Crippen LogP contribution in [0.4, 0.5) is 4.79 Å². The lowest BCUT2D eigenvalue weighted by Crippen LogP contribution is -2.18. The maximum absolute atomic E-state index is 9.44. The fourth-order valence-corrected chi connectivity index (χ4v) is 0.428. The monoisotopic (exact) mass is 242 g/mol. The van der Waals surface area contributed by atoms with Gasteiger partial charge in [-0.15, -0.1) is 0 Å². The number of phenolic OH excluding ortho intramolecular Hbond substituents is 1. The molecule has 0 bridgehead atoms. The SMILES string of the molecule is C=O.CC(C)=O.NC(N)=O.Oc1ccccc1. The highest BCUT2D eigenvalue weighted by molar-refractivity contribution is 5.72. The number of benzene rings is 1. The van der Waals surface area contributed by atoms with Gasteiger partial charge in [0.1, 0.15) is 18.3 Å². The van der Waals surface area contributed by atoms with Crippen molar-refractivity contribution >= 4 is 18.6 Å². The summed E-state index contributed by atoms with van der Waals surface area (Å²) in [5.41, 5.74) is 8.50. The maximum atomic E-state index is 9.44. The van der Waals surface area contributed by atoms with Gasteiger partial charge >= 0.3 is 6.03 Å². The number of carbonyl (C=O) groups is 3. The summed E-state index contributed by atoms with van der Waals surface area (Å²) >= 11 is 0. The van der Waals surface area contributed by atoms with Crippen LogP contribution in [-0.4, -0.2) is 23.7 Å². The topological polar surface area (TPSA) is 123 Å². The molecule has 1 aromatic rings. The number of rotatable bonds is 0. The minimum absolute atomic E-state index is 0.167. The summed E-state index contributed by atoms with van der Waals surface area (Å²) in [4.78, 5) is 26.4. The van der Waals surface area contributed by atoms with Crippen molar-refractivity contribution in [1.29, 1.82) is 0 Å². The number of carbonyl (C=O) groups excluding carboxylic acids is 3. The summed E-state index contributed by atoms with van der Waals surface area (Å²) in [7, 11) is 0. The van der Waals surface area contributed by atoms with E-state index in [1.165, 1.54) is 13.8 Å². The van der Waals surface area contributed by atoms with E-state index in [2.05, 4.69) is 11.5 Å². The molecule has 0 aliphatic carbocycles. The predicted molar refractivity (Wildman–Crippen MR) is 65.4 cm³/mol. The fraction of sp³-hybridized carbons (Fsp3) is 0.182. The Morgan fingerprint density at radius 1 is 1.06 bits per heavy atom. The molecule has 0 saturated carbocycles. The molecule has 0 unspecified atom stereocenters. The Morgan fingerprint density at radius 3 is 1.41 bits per heavy atom. The Bertz CT molecular complexity index is 282. The van der Waals surface area contributed by atoms with Crippen LogP contribution in [0.1, 0.15) is 13.8 Å². The molecule has 0 heterocycles. The normalized spacial score (nSPS) is 6.71. The molecule has 0 saturated heterocycles. The number of hydrogen-bond acceptors (Lipinski definition) is 4. The third-order valence-corrected chi connectivity index (χ3v) is 0.756. The molecule has 0 radical (unpaired) electrons. The van der Waals surface area contributed by atoms with Crippen molar-refractivity contribution in [2.45, 2.75) is 13.8 Å². The van der Waals surface area contributed by atoms with Crippen LogP contribution in [0.15, 0.2) is 30.3 Å². The zero-order valence-corrected chi connectivity index (χ0v) is 9.92. The third kappa shape index (κ3) is 58.2. The molecular weight excluding hydrogens is 224 g/mol. The van der Waals surface area contributed by atoms with Gasteiger partial charge in [0.25, 0.3) is 0 Å². The van der Waals surface area contributed by atoms with E-state index < -0.39 is 6.03 Å². The first-order valence-corrected chi connectivity index (χ1v) is 4.41. The second-order valence-corrected chi connectivity index (χ2v) is 2.65. The Hall–Kier alpha value is -2.37. The van der Waals surface area contributed by atoms with Gasteiger partial charge in [-0.3, -0.25) is 0 Å². The minimum Gasteiger partial charge on any atom is -0.508 e. The van der Waals surface area contributed by atoms with Crippen molar-refractivity contribution in [3.8, 4) is 5.75 Å². The zero-order chi connectivity index (χ0) is 14.3. The first-order valence-electron chi connectivity index (χ1n) is 4.41. The molecule has 0 atom stereocenters. The van der Waals surface area contributed by atoms with Gasteiger partial charge in [0.15, 0.2) is 0 Å². The largest absolute Gasteiger partial charge is 0.508 e. The van der Waals surface area contributed by atoms with Gasteiger partial charge in [-0.05, 0) is 26.0 Å². The molecule has 96 valence electrons. The number of phenols is 1. The van der Waals surface area contributed by atoms with Gasteiger partial charge in [0.2, 0.25) is 0 Å². The molecule has 17 heavy (non-hydrogen) atoms. The Kier molecular flexibility index (Phi) is 19.0. The first kappa shape index (κ1) is 20.1. The summed E-state index contributed by atoms with van der Waals surface area (Å²) in [6.07, 6.45) is 0. The number of nitrogens with two attached hydrogens (primary N) is 2. The molecule has 1 rings (SSSR count). The van der Waals surface area contributed by atoms with Gasteiger partial charge in [-0.1, -0.05) is 18.2 Å². The lowest BCUT2D eigenvalue weighted by atomic mass is 10.3. The molecule has 0 fully saturated rings. The smallest absolute Gasteiger partial charge is 0.309 e. The first-order chi connectivity index (χ1) is 7.86. The van der Waals surface area contributed by atoms with E-state index in [0.717, 1.165) is 0 Å². The van der Waals surface area contributed by atoms with E-state index in [1.807, 2.05) is 12.9 Å². The van der Waals surface area contributed by atoms with E-state index >= 15 is 0 Å². The summed E-state index contributed by atoms with van der Waals surface area (Å²) in [5.74, 6) is 0.488. The highest BCUT2D eigenvalue weighted by Gasteiger charge is 1.74. The molecule has 6 heteroatoms. The second-order valence-electron chi connectivity index (χ2n) is 2.65. The van der Waals surface area contributed by atoms with Crippen molar-refractivity contribution in [3.63, 3.8) is 0 Å². The van der Waals surface area contributed by atoms with E-state index in [9.17, 15) is 4.79 Å². The third-order valence-electron chi connectivity index (χ3n) is 0.756. The lowest BCUT2D eigenvalue weighted by molar-refractivity contribution is -0.115. The number of para-hydroxylation sites is 1. The minimum atomic E-state index is -0.833. The fourth-order valence-electron chi connectivity index (χ4n) is 0.428. The van der Waals surface area contributed by atoms with Crippen molar-refractivity contribution in [1.82, 2.24) is 0 Å². The highest BCUT2D eigenvalue weighted by atomic mass is 16.3. The number of ketones is 1. The molecular formula is C11H18N2O4. The van der Waals surface area contributed by atoms with Gasteiger partial charge < -0.3 is 26.2 Å². The van der Waals surface area contributed by atoms with E-state index in [0.29, 0.717) is 5.75 Å². The molecule has 0 aliphatic rings. The quantitative estimate of drug-likeness (QED) is 0.623. The van der Waals surface area contributed by atoms with Crippen LogP contribution in [0, 0.1) is 0 Å². The molecule has 2 amide bonds. The Balaban J connectivity index is -0.000000172. The van der Waals surface area contributed by atoms with Crippen molar-refractivity contribution in [2.24, 2.45) is 11.5 Å². The van der Waals surface area contributed by atoms with E-state index in [1.54, 1.807) is 24.3 Å². The van der Waals surface area contributed by atoms with Crippen LogP contribution in [0.25, 0.3) is 0 Å². The van der Waals surface area contributed by atoms with E-state index in [-0.39, 0.29) is 5.78 Å². The predicted octanol–water partition coefficient (Wildman–Crippen LogP) is 0.826.